The lowest BCUT2D eigenvalue weighted by molar-refractivity contribution is -0.137. The number of hydrogen-bond acceptors (Lipinski definition) is 6. The maximum absolute atomic E-state index is 13.2. The van der Waals surface area contributed by atoms with Gasteiger partial charge in [-0.1, -0.05) is 0 Å². The number of aliphatic imine (C=N–C) groups is 1. The van der Waals surface area contributed by atoms with E-state index >= 15 is 0 Å². The minimum atomic E-state index is -4.83. The van der Waals surface area contributed by atoms with E-state index in [-0.39, 0.29) is 10.6 Å². The molecule has 0 heterocycles. The molecule has 1 N–H and O–H groups in total. The quantitative estimate of drug-likeness (QED) is 0.291. The molecule has 6 nitrogen and oxygen atoms in total. The van der Waals surface area contributed by atoms with E-state index in [4.69, 9.17) is 10.00 Å². The Labute approximate surface area is 182 Å². The smallest absolute Gasteiger partial charge is 0.417 e. The van der Waals surface area contributed by atoms with E-state index < -0.39 is 56.3 Å². The second-order valence-corrected chi connectivity index (χ2v) is 9.40. The number of ether oxygens (including phenoxy) is 1. The Bertz CT molecular complexity index is 1150. The van der Waals surface area contributed by atoms with Gasteiger partial charge < -0.3 is 9.84 Å². The van der Waals surface area contributed by atoms with Crippen LogP contribution in [-0.4, -0.2) is 36.9 Å². The highest BCUT2D eigenvalue weighted by Crippen LogP contribution is 2.34. The summed E-state index contributed by atoms with van der Waals surface area (Å²) in [5, 5.41) is 19.8. The van der Waals surface area contributed by atoms with Crippen LogP contribution in [-0.2, 0) is 20.8 Å². The van der Waals surface area contributed by atoms with Gasteiger partial charge in [0.05, 0.1) is 39.6 Å². The van der Waals surface area contributed by atoms with Crippen molar-refractivity contribution in [1.82, 2.24) is 0 Å². The molecule has 2 aromatic rings. The Morgan fingerprint density at radius 3 is 2.28 bits per heavy atom. The molecule has 0 radical (unpaired) electrons. The van der Waals surface area contributed by atoms with Gasteiger partial charge in [0.25, 0.3) is 0 Å². The van der Waals surface area contributed by atoms with E-state index in [9.17, 15) is 31.1 Å². The number of sulfone groups is 1. The molecule has 0 aliphatic rings. The molecule has 1 unspecified atom stereocenters. The highest BCUT2D eigenvalue weighted by atomic mass is 32.2. The maximum atomic E-state index is 13.2. The summed E-state index contributed by atoms with van der Waals surface area (Å²) < 4.78 is 83.7. The number of halogens is 4. The first-order valence-electron chi connectivity index (χ1n) is 9.23. The third kappa shape index (κ3) is 6.27. The molecule has 2 rings (SSSR count). The van der Waals surface area contributed by atoms with Gasteiger partial charge in [0.2, 0.25) is 5.90 Å². The molecule has 0 spiro atoms. The van der Waals surface area contributed by atoms with Gasteiger partial charge in [-0.3, -0.25) is 0 Å². The molecule has 32 heavy (non-hydrogen) atoms. The van der Waals surface area contributed by atoms with Crippen molar-refractivity contribution in [2.24, 2.45) is 4.99 Å². The second-order valence-electron chi connectivity index (χ2n) is 7.41. The number of hydrogen-bond donors (Lipinski definition) is 1. The molecule has 0 saturated heterocycles. The zero-order chi connectivity index (χ0) is 24.3. The molecule has 0 aliphatic carbocycles. The molecule has 2 aromatic carbocycles. The first-order chi connectivity index (χ1) is 14.7. The van der Waals surface area contributed by atoms with Gasteiger partial charge in [-0.05, 0) is 63.2 Å². The fourth-order valence-electron chi connectivity index (χ4n) is 2.71. The van der Waals surface area contributed by atoms with Crippen molar-refractivity contribution in [1.29, 1.82) is 5.26 Å². The third-order valence-electron chi connectivity index (χ3n) is 4.11. The summed E-state index contributed by atoms with van der Waals surface area (Å²) in [6.45, 7) is 4.20. The van der Waals surface area contributed by atoms with Crippen LogP contribution < -0.4 is 0 Å². The third-order valence-corrected chi connectivity index (χ3v) is 6.04. The average molecular weight is 472 g/mol. The van der Waals surface area contributed by atoms with E-state index in [0.717, 1.165) is 43.3 Å². The number of aliphatic hydroxyl groups is 1. The van der Waals surface area contributed by atoms with Gasteiger partial charge in [-0.2, -0.15) is 18.4 Å². The Hall–Kier alpha value is -2.97. The molecule has 1 atom stereocenters. The van der Waals surface area contributed by atoms with Crippen LogP contribution in [0.25, 0.3) is 0 Å². The first-order valence-corrected chi connectivity index (χ1v) is 10.9. The Balaban J connectivity index is 2.52. The van der Waals surface area contributed by atoms with Crippen molar-refractivity contribution in [2.45, 2.75) is 43.5 Å². The maximum Gasteiger partial charge on any atom is 0.417 e. The van der Waals surface area contributed by atoms with E-state index in [1.54, 1.807) is 13.8 Å². The minimum Gasteiger partial charge on any atom is -0.476 e. The van der Waals surface area contributed by atoms with E-state index in [1.807, 2.05) is 0 Å². The first kappa shape index (κ1) is 25.3. The molecule has 0 saturated carbocycles. The predicted octanol–water partition coefficient (Wildman–Crippen LogP) is 4.40. The van der Waals surface area contributed by atoms with Crippen molar-refractivity contribution in [3.05, 3.63) is 59.4 Å². The normalized spacial score (nSPS) is 14.7. The standard InChI is InChI=1S/C21H20F4N2O4S/c1-13(2)31-19(27-16-7-4-14(11-26)18(10-16)21(23,24)25)20(3,28)12-32(29,30)17-8-5-15(22)6-9-17/h4-10,13,28H,12H2,1-3H3/b27-19-. The lowest BCUT2D eigenvalue weighted by Gasteiger charge is -2.26. The zero-order valence-corrected chi connectivity index (χ0v) is 18.1. The summed E-state index contributed by atoms with van der Waals surface area (Å²) in [4.78, 5) is 3.66. The van der Waals surface area contributed by atoms with Crippen molar-refractivity contribution < 1.29 is 35.8 Å². The second kappa shape index (κ2) is 9.26. The van der Waals surface area contributed by atoms with Gasteiger partial charge in [-0.15, -0.1) is 0 Å². The molecule has 172 valence electrons. The number of nitrogens with zero attached hydrogens (tertiary/aromatic N) is 2. The lowest BCUT2D eigenvalue weighted by Crippen LogP contribution is -2.44. The van der Waals surface area contributed by atoms with Crippen LogP contribution in [0.1, 0.15) is 31.9 Å². The van der Waals surface area contributed by atoms with E-state index in [1.165, 1.54) is 6.07 Å². The highest BCUT2D eigenvalue weighted by molar-refractivity contribution is 7.91. The van der Waals surface area contributed by atoms with Gasteiger partial charge in [0.15, 0.2) is 15.4 Å². The fraction of sp³-hybridized carbons (Fsp3) is 0.333. The molecular weight excluding hydrogens is 452 g/mol. The largest absolute Gasteiger partial charge is 0.476 e. The van der Waals surface area contributed by atoms with Crippen molar-refractivity contribution in [3.8, 4) is 6.07 Å². The van der Waals surface area contributed by atoms with Crippen LogP contribution in [0.4, 0.5) is 23.2 Å². The molecule has 0 amide bonds. The molecule has 0 fully saturated rings. The van der Waals surface area contributed by atoms with Gasteiger partial charge >= 0.3 is 6.18 Å². The number of benzene rings is 2. The predicted molar refractivity (Wildman–Crippen MR) is 109 cm³/mol. The molecule has 0 aliphatic heterocycles. The summed E-state index contributed by atoms with van der Waals surface area (Å²) >= 11 is 0. The molecule has 0 bridgehead atoms. The number of alkyl halides is 3. The van der Waals surface area contributed by atoms with Crippen LogP contribution in [0.15, 0.2) is 52.4 Å². The number of nitriles is 1. The monoisotopic (exact) mass is 472 g/mol. The van der Waals surface area contributed by atoms with Crippen molar-refractivity contribution in [3.63, 3.8) is 0 Å². The van der Waals surface area contributed by atoms with Crippen LogP contribution in [0.3, 0.4) is 0 Å². The topological polar surface area (TPSA) is 99.8 Å². The molecule has 0 aromatic heterocycles. The van der Waals surface area contributed by atoms with Crippen LogP contribution in [0, 0.1) is 17.1 Å². The summed E-state index contributed by atoms with van der Waals surface area (Å²) in [5.41, 5.74) is -4.40. The minimum absolute atomic E-state index is 0.263. The molecule has 11 heteroatoms. The van der Waals surface area contributed by atoms with E-state index in [0.29, 0.717) is 6.07 Å². The van der Waals surface area contributed by atoms with Crippen molar-refractivity contribution >= 4 is 21.4 Å². The average Bonchev–Trinajstić information content (AvgIpc) is 2.66. The Kier molecular flexibility index (Phi) is 7.32. The summed E-state index contributed by atoms with van der Waals surface area (Å²) in [5.74, 6) is -2.11. The zero-order valence-electron chi connectivity index (χ0n) is 17.3. The van der Waals surface area contributed by atoms with Crippen LogP contribution in [0.5, 0.6) is 0 Å². The number of rotatable bonds is 6. The van der Waals surface area contributed by atoms with Gasteiger partial charge in [0.1, 0.15) is 5.82 Å². The highest BCUT2D eigenvalue weighted by Gasteiger charge is 2.38. The SMILES string of the molecule is CC(C)O/C(=N\c1ccc(C#N)c(C(F)(F)F)c1)C(C)(O)CS(=O)(=O)c1ccc(F)cc1. The van der Waals surface area contributed by atoms with Gasteiger partial charge in [0, 0.05) is 0 Å². The molecular formula is C21H20F4N2O4S. The lowest BCUT2D eigenvalue weighted by atomic mass is 10.1. The Morgan fingerprint density at radius 2 is 1.78 bits per heavy atom. The Morgan fingerprint density at radius 1 is 1.19 bits per heavy atom. The van der Waals surface area contributed by atoms with Crippen molar-refractivity contribution in [2.75, 3.05) is 5.75 Å². The van der Waals surface area contributed by atoms with Gasteiger partial charge in [-0.25, -0.2) is 17.8 Å². The fourth-order valence-corrected chi connectivity index (χ4v) is 4.29. The summed E-state index contributed by atoms with van der Waals surface area (Å²) in [6, 6.07) is 8.01. The van der Waals surface area contributed by atoms with Crippen LogP contribution in [0.2, 0.25) is 0 Å². The summed E-state index contributed by atoms with van der Waals surface area (Å²) in [6.07, 6.45) is -5.43. The summed E-state index contributed by atoms with van der Waals surface area (Å²) in [7, 11) is -4.15. The van der Waals surface area contributed by atoms with E-state index in [2.05, 4.69) is 4.99 Å². The van der Waals surface area contributed by atoms with Crippen LogP contribution >= 0.6 is 0 Å².